The predicted molar refractivity (Wildman–Crippen MR) is 77.1 cm³/mol. The van der Waals surface area contributed by atoms with Gasteiger partial charge in [-0.3, -0.25) is 4.90 Å². The van der Waals surface area contributed by atoms with Crippen LogP contribution in [0.3, 0.4) is 0 Å². The van der Waals surface area contributed by atoms with Gasteiger partial charge in [0.25, 0.3) is 0 Å². The molecule has 4 nitrogen and oxygen atoms in total. The minimum Gasteiger partial charge on any atom is -0.379 e. The molecule has 1 rings (SSSR count). The topological polar surface area (TPSA) is 27.7 Å². The Labute approximate surface area is 113 Å². The summed E-state index contributed by atoms with van der Waals surface area (Å²) in [6.07, 6.45) is 1.47. The van der Waals surface area contributed by atoms with Crippen molar-refractivity contribution in [2.24, 2.45) is 0 Å². The second-order valence-electron chi connectivity index (χ2n) is 5.67. The SMILES string of the molecule is CC(C)OCCCNCCN1CCN(C)CC1C. The van der Waals surface area contributed by atoms with Gasteiger partial charge in [0.15, 0.2) is 0 Å². The zero-order chi connectivity index (χ0) is 13.4. The first-order valence-corrected chi connectivity index (χ1v) is 7.34. The van der Waals surface area contributed by atoms with Crippen molar-refractivity contribution < 1.29 is 4.74 Å². The number of nitrogens with zero attached hydrogens (tertiary/aromatic N) is 2. The van der Waals surface area contributed by atoms with Crippen molar-refractivity contribution in [3.05, 3.63) is 0 Å². The van der Waals surface area contributed by atoms with E-state index in [1.54, 1.807) is 0 Å². The molecular weight excluding hydrogens is 226 g/mol. The van der Waals surface area contributed by atoms with Crippen molar-refractivity contribution in [1.29, 1.82) is 0 Å². The normalized spacial score (nSPS) is 22.8. The first-order valence-electron chi connectivity index (χ1n) is 7.34. The maximum absolute atomic E-state index is 5.51. The molecule has 1 atom stereocenters. The van der Waals surface area contributed by atoms with Crippen LogP contribution in [-0.2, 0) is 4.74 Å². The third kappa shape index (κ3) is 6.69. The lowest BCUT2D eigenvalue weighted by molar-refractivity contribution is 0.0763. The summed E-state index contributed by atoms with van der Waals surface area (Å²) in [5.74, 6) is 0. The van der Waals surface area contributed by atoms with Crippen LogP contribution in [0.4, 0.5) is 0 Å². The third-order valence-electron chi connectivity index (χ3n) is 3.49. The van der Waals surface area contributed by atoms with Gasteiger partial charge in [-0.25, -0.2) is 0 Å². The molecule has 0 aromatic carbocycles. The summed E-state index contributed by atoms with van der Waals surface area (Å²) in [7, 11) is 2.21. The number of piperazine rings is 1. The largest absolute Gasteiger partial charge is 0.379 e. The van der Waals surface area contributed by atoms with E-state index in [0.717, 1.165) is 26.1 Å². The molecule has 0 aromatic rings. The highest BCUT2D eigenvalue weighted by Crippen LogP contribution is 2.06. The molecule has 0 aromatic heterocycles. The first kappa shape index (κ1) is 15.9. The van der Waals surface area contributed by atoms with E-state index in [9.17, 15) is 0 Å². The minimum atomic E-state index is 0.358. The molecule has 1 N–H and O–H groups in total. The van der Waals surface area contributed by atoms with E-state index < -0.39 is 0 Å². The zero-order valence-corrected chi connectivity index (χ0v) is 12.6. The van der Waals surface area contributed by atoms with Crippen LogP contribution in [0, 0.1) is 0 Å². The van der Waals surface area contributed by atoms with Crippen LogP contribution in [0.15, 0.2) is 0 Å². The van der Waals surface area contributed by atoms with Crippen LogP contribution >= 0.6 is 0 Å². The fourth-order valence-electron chi connectivity index (χ4n) is 2.37. The van der Waals surface area contributed by atoms with Crippen LogP contribution in [0.25, 0.3) is 0 Å². The number of likely N-dealkylation sites (N-methyl/N-ethyl adjacent to an activating group) is 1. The number of ether oxygens (including phenoxy) is 1. The standard InChI is InChI=1S/C14H31N3O/c1-13(2)18-11-5-6-15-7-8-17-10-9-16(4)12-14(17)3/h13-15H,5-12H2,1-4H3. The van der Waals surface area contributed by atoms with Crippen LogP contribution in [0.2, 0.25) is 0 Å². The Morgan fingerprint density at radius 3 is 2.72 bits per heavy atom. The Hall–Kier alpha value is -0.160. The van der Waals surface area contributed by atoms with Gasteiger partial charge in [-0.15, -0.1) is 0 Å². The summed E-state index contributed by atoms with van der Waals surface area (Å²) in [6, 6.07) is 0.690. The summed E-state index contributed by atoms with van der Waals surface area (Å²) in [5.41, 5.74) is 0. The zero-order valence-electron chi connectivity index (χ0n) is 12.6. The monoisotopic (exact) mass is 257 g/mol. The molecule has 1 aliphatic heterocycles. The van der Waals surface area contributed by atoms with Crippen LogP contribution in [0.1, 0.15) is 27.2 Å². The molecule has 0 radical (unpaired) electrons. The quantitative estimate of drug-likeness (QED) is 0.657. The van der Waals surface area contributed by atoms with Gasteiger partial charge in [0.05, 0.1) is 6.10 Å². The fraction of sp³-hybridized carbons (Fsp3) is 1.00. The van der Waals surface area contributed by atoms with Gasteiger partial charge in [0.2, 0.25) is 0 Å². The second kappa shape index (κ2) is 8.86. The molecule has 4 heteroatoms. The predicted octanol–water partition coefficient (Wildman–Crippen LogP) is 1.03. The van der Waals surface area contributed by atoms with E-state index in [0.29, 0.717) is 12.1 Å². The smallest absolute Gasteiger partial charge is 0.0518 e. The van der Waals surface area contributed by atoms with Gasteiger partial charge in [-0.1, -0.05) is 0 Å². The number of rotatable bonds is 8. The summed E-state index contributed by atoms with van der Waals surface area (Å²) in [5, 5.41) is 3.50. The van der Waals surface area contributed by atoms with Gasteiger partial charge in [0.1, 0.15) is 0 Å². The molecular formula is C14H31N3O. The Morgan fingerprint density at radius 2 is 2.06 bits per heavy atom. The number of hydrogen-bond acceptors (Lipinski definition) is 4. The van der Waals surface area contributed by atoms with Gasteiger partial charge < -0.3 is 15.0 Å². The van der Waals surface area contributed by atoms with E-state index in [2.05, 4.69) is 42.9 Å². The van der Waals surface area contributed by atoms with Gasteiger partial charge in [-0.05, 0) is 40.8 Å². The number of nitrogens with one attached hydrogen (secondary N) is 1. The molecule has 0 amide bonds. The van der Waals surface area contributed by atoms with Gasteiger partial charge in [0, 0.05) is 45.4 Å². The van der Waals surface area contributed by atoms with E-state index in [1.165, 1.54) is 26.2 Å². The van der Waals surface area contributed by atoms with Crippen LogP contribution < -0.4 is 5.32 Å². The van der Waals surface area contributed by atoms with Crippen molar-refractivity contribution in [2.75, 3.05) is 52.9 Å². The third-order valence-corrected chi connectivity index (χ3v) is 3.49. The lowest BCUT2D eigenvalue weighted by Gasteiger charge is -2.38. The van der Waals surface area contributed by atoms with Crippen LogP contribution in [0.5, 0.6) is 0 Å². The van der Waals surface area contributed by atoms with E-state index in [1.807, 2.05) is 0 Å². The highest BCUT2D eigenvalue weighted by atomic mass is 16.5. The Morgan fingerprint density at radius 1 is 1.28 bits per heavy atom. The minimum absolute atomic E-state index is 0.358. The van der Waals surface area contributed by atoms with Crippen molar-refractivity contribution in [3.63, 3.8) is 0 Å². The summed E-state index contributed by atoms with van der Waals surface area (Å²) in [6.45, 7) is 14.3. The maximum atomic E-state index is 5.51. The van der Waals surface area contributed by atoms with Gasteiger partial charge in [-0.2, -0.15) is 0 Å². The average molecular weight is 257 g/mol. The first-order chi connectivity index (χ1) is 8.59. The summed E-state index contributed by atoms with van der Waals surface area (Å²) >= 11 is 0. The Bertz CT molecular complexity index is 211. The molecule has 18 heavy (non-hydrogen) atoms. The average Bonchev–Trinajstić information content (AvgIpc) is 2.30. The summed E-state index contributed by atoms with van der Waals surface area (Å²) in [4.78, 5) is 5.00. The molecule has 0 aliphatic carbocycles. The lowest BCUT2D eigenvalue weighted by atomic mass is 10.2. The molecule has 1 unspecified atom stereocenters. The van der Waals surface area contributed by atoms with E-state index in [-0.39, 0.29) is 0 Å². The fourth-order valence-corrected chi connectivity index (χ4v) is 2.37. The van der Waals surface area contributed by atoms with Gasteiger partial charge >= 0.3 is 0 Å². The molecule has 1 saturated heterocycles. The molecule has 0 bridgehead atoms. The van der Waals surface area contributed by atoms with Crippen LogP contribution in [-0.4, -0.2) is 74.9 Å². The lowest BCUT2D eigenvalue weighted by Crippen LogP contribution is -2.51. The van der Waals surface area contributed by atoms with Crippen molar-refractivity contribution >= 4 is 0 Å². The second-order valence-corrected chi connectivity index (χ2v) is 5.67. The molecule has 0 saturated carbocycles. The van der Waals surface area contributed by atoms with Crippen molar-refractivity contribution in [3.8, 4) is 0 Å². The number of hydrogen-bond donors (Lipinski definition) is 1. The highest BCUT2D eigenvalue weighted by molar-refractivity contribution is 4.77. The molecule has 1 fully saturated rings. The Balaban J connectivity index is 1.94. The van der Waals surface area contributed by atoms with E-state index in [4.69, 9.17) is 4.74 Å². The van der Waals surface area contributed by atoms with Crippen molar-refractivity contribution in [2.45, 2.75) is 39.3 Å². The maximum Gasteiger partial charge on any atom is 0.0518 e. The van der Waals surface area contributed by atoms with E-state index >= 15 is 0 Å². The molecule has 1 aliphatic rings. The molecule has 108 valence electrons. The molecule has 0 spiro atoms. The molecule has 1 heterocycles. The van der Waals surface area contributed by atoms with Crippen molar-refractivity contribution in [1.82, 2.24) is 15.1 Å². The summed E-state index contributed by atoms with van der Waals surface area (Å²) < 4.78 is 5.51. The highest BCUT2D eigenvalue weighted by Gasteiger charge is 2.20. The Kier molecular flexibility index (Phi) is 7.82.